The second-order valence-electron chi connectivity index (χ2n) is 7.24. The van der Waals surface area contributed by atoms with E-state index in [9.17, 15) is 9.59 Å². The van der Waals surface area contributed by atoms with E-state index >= 15 is 0 Å². The van der Waals surface area contributed by atoms with Gasteiger partial charge in [0.05, 0.1) is 18.2 Å². The summed E-state index contributed by atoms with van der Waals surface area (Å²) in [6, 6.07) is 6.29. The largest absolute Gasteiger partial charge is 0.463 e. The minimum absolute atomic E-state index is 0.278. The third-order valence-electron chi connectivity index (χ3n) is 5.18. The monoisotopic (exact) mass is 405 g/mol. The summed E-state index contributed by atoms with van der Waals surface area (Å²) < 4.78 is 5.32. The zero-order valence-electron chi connectivity index (χ0n) is 16.3. The van der Waals surface area contributed by atoms with Gasteiger partial charge >= 0.3 is 12.0 Å². The molecule has 1 aromatic rings. The lowest BCUT2D eigenvalue weighted by atomic mass is 9.95. The number of nitrogens with one attached hydrogen (secondary N) is 2. The molecule has 3 rings (SSSR count). The van der Waals surface area contributed by atoms with Crippen LogP contribution in [0.4, 0.5) is 4.79 Å². The Bertz CT molecular complexity index is 725. The van der Waals surface area contributed by atoms with Crippen LogP contribution in [-0.4, -0.2) is 43.1 Å². The molecular formula is C21H28ClN3O3. The highest BCUT2D eigenvalue weighted by atomic mass is 35.5. The van der Waals surface area contributed by atoms with Gasteiger partial charge in [0.25, 0.3) is 0 Å². The lowest BCUT2D eigenvalue weighted by Gasteiger charge is -2.32. The average molecular weight is 406 g/mol. The van der Waals surface area contributed by atoms with Crippen LogP contribution in [0.1, 0.15) is 50.6 Å². The molecule has 1 saturated heterocycles. The molecule has 0 spiro atoms. The van der Waals surface area contributed by atoms with E-state index in [4.69, 9.17) is 16.3 Å². The number of esters is 1. The molecule has 2 aliphatic heterocycles. The fourth-order valence-electron chi connectivity index (χ4n) is 3.79. The fraction of sp³-hybridized carbons (Fsp3) is 0.524. The Morgan fingerprint density at radius 1 is 1.14 bits per heavy atom. The van der Waals surface area contributed by atoms with Crippen molar-refractivity contribution < 1.29 is 14.3 Å². The highest BCUT2D eigenvalue weighted by Gasteiger charge is 2.34. The van der Waals surface area contributed by atoms with E-state index in [2.05, 4.69) is 15.5 Å². The third kappa shape index (κ3) is 5.26. The van der Waals surface area contributed by atoms with Crippen LogP contribution in [0.3, 0.4) is 0 Å². The van der Waals surface area contributed by atoms with Gasteiger partial charge in [-0.25, -0.2) is 9.59 Å². The summed E-state index contributed by atoms with van der Waals surface area (Å²) in [5, 5.41) is 6.33. The van der Waals surface area contributed by atoms with Crippen LogP contribution in [0.15, 0.2) is 35.5 Å². The molecule has 1 atom stereocenters. The van der Waals surface area contributed by atoms with E-state index in [-0.39, 0.29) is 12.6 Å². The van der Waals surface area contributed by atoms with Crippen molar-refractivity contribution in [3.8, 4) is 0 Å². The van der Waals surface area contributed by atoms with Gasteiger partial charge < -0.3 is 15.4 Å². The molecule has 2 heterocycles. The van der Waals surface area contributed by atoms with Gasteiger partial charge in [-0.1, -0.05) is 43.0 Å². The minimum atomic E-state index is -0.560. The number of rotatable bonds is 5. The molecule has 1 fully saturated rings. The van der Waals surface area contributed by atoms with E-state index in [0.717, 1.165) is 31.5 Å². The van der Waals surface area contributed by atoms with Gasteiger partial charge in [-0.05, 0) is 50.6 Å². The van der Waals surface area contributed by atoms with Crippen molar-refractivity contribution in [2.24, 2.45) is 0 Å². The molecule has 6 nitrogen and oxygen atoms in total. The zero-order chi connectivity index (χ0) is 19.9. The van der Waals surface area contributed by atoms with Gasteiger partial charge in [0.15, 0.2) is 0 Å². The first-order valence-corrected chi connectivity index (χ1v) is 10.4. The molecule has 2 N–H and O–H groups in total. The zero-order valence-corrected chi connectivity index (χ0v) is 17.1. The van der Waals surface area contributed by atoms with Gasteiger partial charge in [0.1, 0.15) is 0 Å². The van der Waals surface area contributed by atoms with Crippen LogP contribution in [0.5, 0.6) is 0 Å². The predicted octanol–water partition coefficient (Wildman–Crippen LogP) is 3.78. The topological polar surface area (TPSA) is 70.7 Å². The van der Waals surface area contributed by atoms with Gasteiger partial charge in [-0.3, -0.25) is 4.90 Å². The maximum absolute atomic E-state index is 12.8. The lowest BCUT2D eigenvalue weighted by molar-refractivity contribution is -0.139. The van der Waals surface area contributed by atoms with Crippen molar-refractivity contribution in [1.29, 1.82) is 0 Å². The number of halogens is 1. The van der Waals surface area contributed by atoms with Crippen LogP contribution in [0.2, 0.25) is 5.02 Å². The standard InChI is InChI=1S/C21H28ClN3O3/c1-2-28-20(26)18-17(14-25-12-6-4-3-5-7-13-25)23-21(27)24-19(18)15-8-10-16(22)11-9-15/h8-11,19H,2-7,12-14H2,1H3,(H2,23,24,27). The second-order valence-corrected chi connectivity index (χ2v) is 7.68. The summed E-state index contributed by atoms with van der Waals surface area (Å²) >= 11 is 6.00. The summed E-state index contributed by atoms with van der Waals surface area (Å²) in [7, 11) is 0. The summed E-state index contributed by atoms with van der Waals surface area (Å²) in [6.45, 7) is 4.53. The molecule has 0 bridgehead atoms. The Balaban J connectivity index is 1.93. The van der Waals surface area contributed by atoms with Crippen LogP contribution < -0.4 is 10.6 Å². The summed E-state index contributed by atoms with van der Waals surface area (Å²) in [6.07, 6.45) is 6.00. The number of amides is 2. The number of carbonyl (C=O) groups excluding carboxylic acids is 2. The molecule has 1 unspecified atom stereocenters. The number of ether oxygens (including phenoxy) is 1. The second kappa shape index (κ2) is 9.94. The fourth-order valence-corrected chi connectivity index (χ4v) is 3.92. The SMILES string of the molecule is CCOC(=O)C1=C(CN2CCCCCCC2)NC(=O)NC1c1ccc(Cl)cc1. The Morgan fingerprint density at radius 3 is 2.43 bits per heavy atom. The molecule has 0 saturated carbocycles. The van der Waals surface area contributed by atoms with Gasteiger partial charge in [0.2, 0.25) is 0 Å². The number of nitrogens with zero attached hydrogens (tertiary/aromatic N) is 1. The quantitative estimate of drug-likeness (QED) is 0.731. The Morgan fingerprint density at radius 2 is 1.79 bits per heavy atom. The molecule has 28 heavy (non-hydrogen) atoms. The highest BCUT2D eigenvalue weighted by Crippen LogP contribution is 2.29. The number of likely N-dealkylation sites (tertiary alicyclic amines) is 1. The van der Waals surface area contributed by atoms with Crippen molar-refractivity contribution in [3.63, 3.8) is 0 Å². The third-order valence-corrected chi connectivity index (χ3v) is 5.43. The van der Waals surface area contributed by atoms with Crippen molar-refractivity contribution in [2.75, 3.05) is 26.2 Å². The Kier molecular flexibility index (Phi) is 7.34. The molecule has 152 valence electrons. The summed E-state index contributed by atoms with van der Waals surface area (Å²) in [5.74, 6) is -0.406. The Labute approximate surface area is 171 Å². The van der Waals surface area contributed by atoms with E-state index in [0.29, 0.717) is 22.8 Å². The number of hydrogen-bond acceptors (Lipinski definition) is 4. The first kappa shape index (κ1) is 20.7. The molecule has 0 radical (unpaired) electrons. The van der Waals surface area contributed by atoms with Crippen LogP contribution >= 0.6 is 11.6 Å². The van der Waals surface area contributed by atoms with E-state index in [1.54, 1.807) is 19.1 Å². The number of hydrogen-bond donors (Lipinski definition) is 2. The Hall–Kier alpha value is -2.05. The van der Waals surface area contributed by atoms with Crippen LogP contribution in [0.25, 0.3) is 0 Å². The number of benzene rings is 1. The molecular weight excluding hydrogens is 378 g/mol. The van der Waals surface area contributed by atoms with Crippen LogP contribution in [0, 0.1) is 0 Å². The van der Waals surface area contributed by atoms with E-state index in [1.807, 2.05) is 12.1 Å². The van der Waals surface area contributed by atoms with Crippen molar-refractivity contribution >= 4 is 23.6 Å². The molecule has 2 amide bonds. The first-order chi connectivity index (χ1) is 13.6. The smallest absolute Gasteiger partial charge is 0.338 e. The van der Waals surface area contributed by atoms with Crippen LogP contribution in [-0.2, 0) is 9.53 Å². The molecule has 0 aliphatic carbocycles. The van der Waals surface area contributed by atoms with Crippen molar-refractivity contribution in [3.05, 3.63) is 46.1 Å². The number of carbonyl (C=O) groups is 2. The van der Waals surface area contributed by atoms with Gasteiger partial charge in [0, 0.05) is 17.3 Å². The van der Waals surface area contributed by atoms with Crippen molar-refractivity contribution in [1.82, 2.24) is 15.5 Å². The predicted molar refractivity (Wildman–Crippen MR) is 109 cm³/mol. The molecule has 1 aromatic carbocycles. The minimum Gasteiger partial charge on any atom is -0.463 e. The van der Waals surface area contributed by atoms with E-state index in [1.165, 1.54) is 19.3 Å². The van der Waals surface area contributed by atoms with E-state index < -0.39 is 12.0 Å². The first-order valence-electron chi connectivity index (χ1n) is 10.0. The highest BCUT2D eigenvalue weighted by molar-refractivity contribution is 6.30. The maximum Gasteiger partial charge on any atom is 0.338 e. The maximum atomic E-state index is 12.8. The molecule has 7 heteroatoms. The van der Waals surface area contributed by atoms with Gasteiger partial charge in [-0.2, -0.15) is 0 Å². The van der Waals surface area contributed by atoms with Crippen molar-refractivity contribution in [2.45, 2.75) is 45.1 Å². The normalized spacial score (nSPS) is 21.4. The summed E-state index contributed by atoms with van der Waals surface area (Å²) in [4.78, 5) is 27.5. The number of urea groups is 1. The summed E-state index contributed by atoms with van der Waals surface area (Å²) in [5.41, 5.74) is 1.89. The lowest BCUT2D eigenvalue weighted by Crippen LogP contribution is -2.48. The van der Waals surface area contributed by atoms with Gasteiger partial charge in [-0.15, -0.1) is 0 Å². The molecule has 0 aromatic heterocycles. The molecule has 2 aliphatic rings. The average Bonchev–Trinajstić information content (AvgIpc) is 2.64.